The number of anilines is 3. The van der Waals surface area contributed by atoms with E-state index in [1.807, 2.05) is 36.9 Å². The lowest BCUT2D eigenvalue weighted by molar-refractivity contribution is 0.604. The smallest absolute Gasteiger partial charge is 0.227 e. The van der Waals surface area contributed by atoms with E-state index in [1.54, 1.807) is 12.5 Å². The van der Waals surface area contributed by atoms with E-state index in [1.165, 1.54) is 0 Å². The van der Waals surface area contributed by atoms with E-state index in [9.17, 15) is 4.39 Å². The molecule has 27 heavy (non-hydrogen) atoms. The Bertz CT molecular complexity index is 1080. The minimum atomic E-state index is -0.487. The molecule has 4 heterocycles. The number of nitrogens with zero attached hydrogens (tertiary/aromatic N) is 7. The molecule has 9 nitrogen and oxygen atoms in total. The third kappa shape index (κ3) is 3.64. The zero-order valence-corrected chi connectivity index (χ0v) is 14.6. The molecular weight excluding hydrogens is 349 g/mol. The summed E-state index contributed by atoms with van der Waals surface area (Å²) in [6.07, 6.45) is 7.44. The molecule has 0 unspecified atom stereocenters. The minimum absolute atomic E-state index is 0.325. The number of nitrogens with one attached hydrogen (secondary N) is 2. The number of aromatic nitrogens is 7. The highest BCUT2D eigenvalue weighted by Crippen LogP contribution is 2.24. The quantitative estimate of drug-likeness (QED) is 0.556. The van der Waals surface area contributed by atoms with Crippen LogP contribution in [0, 0.1) is 5.82 Å². The monoisotopic (exact) mass is 365 g/mol. The first kappa shape index (κ1) is 16.8. The summed E-state index contributed by atoms with van der Waals surface area (Å²) in [7, 11) is 1.88. The van der Waals surface area contributed by atoms with Crippen molar-refractivity contribution < 1.29 is 4.39 Å². The molecule has 0 radical (unpaired) electrons. The SMILES string of the molecule is C[C@H](Nc1nc(Nc2cn(C)cn2)c2cccnc2n1)c1ncc(F)cn1. The molecule has 0 aliphatic heterocycles. The standard InChI is InChI=1S/C17H16FN9/c1-10(14-20-6-11(18)7-21-14)23-17-25-15-12(4-3-5-19-15)16(26-17)24-13-8-27(2)9-22-13/h3-10H,1-2H3,(H2,19,23,24,25,26)/t10-/m0/s1. The number of aryl methyl sites for hydroxylation is 1. The Morgan fingerprint density at radius 2 is 1.93 bits per heavy atom. The largest absolute Gasteiger partial charge is 0.344 e. The predicted molar refractivity (Wildman–Crippen MR) is 97.9 cm³/mol. The van der Waals surface area contributed by atoms with Gasteiger partial charge < -0.3 is 15.2 Å². The fraction of sp³-hybridized carbons (Fsp3) is 0.176. The summed E-state index contributed by atoms with van der Waals surface area (Å²) in [4.78, 5) is 25.5. The van der Waals surface area contributed by atoms with E-state index >= 15 is 0 Å². The van der Waals surface area contributed by atoms with Crippen LogP contribution in [0.25, 0.3) is 11.0 Å². The Morgan fingerprint density at radius 1 is 1.11 bits per heavy atom. The van der Waals surface area contributed by atoms with Gasteiger partial charge in [0.25, 0.3) is 0 Å². The van der Waals surface area contributed by atoms with E-state index in [4.69, 9.17) is 0 Å². The molecule has 4 rings (SSSR count). The van der Waals surface area contributed by atoms with Crippen LogP contribution in [-0.2, 0) is 7.05 Å². The van der Waals surface area contributed by atoms with Gasteiger partial charge in [0.1, 0.15) is 17.5 Å². The Morgan fingerprint density at radius 3 is 2.67 bits per heavy atom. The van der Waals surface area contributed by atoms with Crippen LogP contribution in [0.1, 0.15) is 18.8 Å². The van der Waals surface area contributed by atoms with Crippen molar-refractivity contribution in [3.05, 3.63) is 54.9 Å². The highest BCUT2D eigenvalue weighted by atomic mass is 19.1. The van der Waals surface area contributed by atoms with Crippen LogP contribution in [0.4, 0.5) is 22.0 Å². The molecule has 0 aliphatic rings. The summed E-state index contributed by atoms with van der Waals surface area (Å²) in [5, 5.41) is 7.07. The van der Waals surface area contributed by atoms with Crippen molar-refractivity contribution in [2.45, 2.75) is 13.0 Å². The van der Waals surface area contributed by atoms with Crippen molar-refractivity contribution in [2.24, 2.45) is 7.05 Å². The molecule has 0 saturated heterocycles. The molecule has 136 valence electrons. The molecule has 10 heteroatoms. The lowest BCUT2D eigenvalue weighted by Crippen LogP contribution is -2.13. The number of pyridine rings is 1. The van der Waals surface area contributed by atoms with Crippen LogP contribution in [-0.4, -0.2) is 34.5 Å². The van der Waals surface area contributed by atoms with Gasteiger partial charge in [-0.3, -0.25) is 0 Å². The number of hydrogen-bond acceptors (Lipinski definition) is 8. The molecule has 0 aliphatic carbocycles. The average molecular weight is 365 g/mol. The van der Waals surface area contributed by atoms with Gasteiger partial charge in [-0.1, -0.05) is 0 Å². The molecular formula is C17H16FN9. The first-order valence-corrected chi connectivity index (χ1v) is 8.20. The Labute approximate surface area is 153 Å². The summed E-state index contributed by atoms with van der Waals surface area (Å²) in [6.45, 7) is 1.84. The maximum atomic E-state index is 13.0. The van der Waals surface area contributed by atoms with Crippen LogP contribution in [0.5, 0.6) is 0 Å². The third-order valence-electron chi connectivity index (χ3n) is 3.80. The molecule has 2 N–H and O–H groups in total. The van der Waals surface area contributed by atoms with Gasteiger partial charge in [-0.05, 0) is 19.1 Å². The van der Waals surface area contributed by atoms with Crippen LogP contribution in [0.15, 0.2) is 43.2 Å². The van der Waals surface area contributed by atoms with Crippen molar-refractivity contribution in [3.63, 3.8) is 0 Å². The van der Waals surface area contributed by atoms with Crippen molar-refractivity contribution in [1.82, 2.24) is 34.5 Å². The second kappa shape index (κ2) is 6.90. The second-order valence-electron chi connectivity index (χ2n) is 5.95. The Balaban J connectivity index is 1.67. The number of halogens is 1. The summed E-state index contributed by atoms with van der Waals surface area (Å²) in [6, 6.07) is 3.37. The number of fused-ring (bicyclic) bond motifs is 1. The minimum Gasteiger partial charge on any atom is -0.344 e. The molecule has 0 aromatic carbocycles. The summed E-state index contributed by atoms with van der Waals surface area (Å²) < 4.78 is 14.8. The predicted octanol–water partition coefficient (Wildman–Crippen LogP) is 2.60. The van der Waals surface area contributed by atoms with Crippen molar-refractivity contribution >= 4 is 28.6 Å². The van der Waals surface area contributed by atoms with E-state index in [-0.39, 0.29) is 6.04 Å². The number of rotatable bonds is 5. The number of imidazole rings is 1. The molecule has 4 aromatic rings. The summed E-state index contributed by atoms with van der Waals surface area (Å²) in [5.74, 6) is 1.52. The Hall–Kier alpha value is -3.69. The number of hydrogen-bond donors (Lipinski definition) is 2. The lowest BCUT2D eigenvalue weighted by Gasteiger charge is -2.14. The lowest BCUT2D eigenvalue weighted by atomic mass is 10.3. The molecule has 0 saturated carbocycles. The van der Waals surface area contributed by atoms with Crippen LogP contribution >= 0.6 is 0 Å². The van der Waals surface area contributed by atoms with Crippen molar-refractivity contribution in [2.75, 3.05) is 10.6 Å². The highest BCUT2D eigenvalue weighted by molar-refractivity contribution is 5.88. The van der Waals surface area contributed by atoms with E-state index in [0.717, 1.165) is 17.8 Å². The Kier molecular flexibility index (Phi) is 4.29. The normalized spacial score (nSPS) is 12.1. The maximum Gasteiger partial charge on any atom is 0.227 e. The third-order valence-corrected chi connectivity index (χ3v) is 3.80. The van der Waals surface area contributed by atoms with Gasteiger partial charge >= 0.3 is 0 Å². The first-order valence-electron chi connectivity index (χ1n) is 8.20. The topological polar surface area (TPSA) is 106 Å². The van der Waals surface area contributed by atoms with E-state index in [0.29, 0.717) is 29.1 Å². The van der Waals surface area contributed by atoms with Gasteiger partial charge in [0.2, 0.25) is 5.95 Å². The zero-order chi connectivity index (χ0) is 18.8. The second-order valence-corrected chi connectivity index (χ2v) is 5.95. The van der Waals surface area contributed by atoms with Crippen LogP contribution < -0.4 is 10.6 Å². The zero-order valence-electron chi connectivity index (χ0n) is 14.6. The molecule has 0 fully saturated rings. The molecule has 0 bridgehead atoms. The van der Waals surface area contributed by atoms with E-state index < -0.39 is 5.82 Å². The molecule has 0 spiro atoms. The first-order chi connectivity index (χ1) is 13.1. The average Bonchev–Trinajstić information content (AvgIpc) is 3.07. The van der Waals surface area contributed by atoms with Gasteiger partial charge in [0.05, 0.1) is 30.1 Å². The summed E-state index contributed by atoms with van der Waals surface area (Å²) in [5.41, 5.74) is 0.528. The molecule has 0 amide bonds. The van der Waals surface area contributed by atoms with Gasteiger partial charge in [-0.15, -0.1) is 0 Å². The highest BCUT2D eigenvalue weighted by Gasteiger charge is 2.14. The molecule has 1 atom stereocenters. The van der Waals surface area contributed by atoms with Gasteiger partial charge in [0, 0.05) is 19.4 Å². The maximum absolute atomic E-state index is 13.0. The van der Waals surface area contributed by atoms with E-state index in [2.05, 4.69) is 40.5 Å². The van der Waals surface area contributed by atoms with Gasteiger partial charge in [0.15, 0.2) is 11.5 Å². The van der Waals surface area contributed by atoms with Crippen molar-refractivity contribution in [1.29, 1.82) is 0 Å². The van der Waals surface area contributed by atoms with Gasteiger partial charge in [-0.2, -0.15) is 9.97 Å². The fourth-order valence-corrected chi connectivity index (χ4v) is 2.52. The summed E-state index contributed by atoms with van der Waals surface area (Å²) >= 11 is 0. The molecule has 4 aromatic heterocycles. The van der Waals surface area contributed by atoms with Crippen LogP contribution in [0.3, 0.4) is 0 Å². The van der Waals surface area contributed by atoms with Crippen molar-refractivity contribution in [3.8, 4) is 0 Å². The van der Waals surface area contributed by atoms with Gasteiger partial charge in [-0.25, -0.2) is 24.3 Å². The van der Waals surface area contributed by atoms with Crippen LogP contribution in [0.2, 0.25) is 0 Å². The fourth-order valence-electron chi connectivity index (χ4n) is 2.52.